The summed E-state index contributed by atoms with van der Waals surface area (Å²) in [7, 11) is 1.77. The number of hydrogen-bond acceptors (Lipinski definition) is 5. The number of aromatic nitrogens is 2. The fraction of sp³-hybridized carbons (Fsp3) is 0.706. The van der Waals surface area contributed by atoms with E-state index in [1.54, 1.807) is 17.9 Å². The molecule has 0 radical (unpaired) electrons. The van der Waals surface area contributed by atoms with Crippen molar-refractivity contribution in [3.05, 3.63) is 11.8 Å². The predicted molar refractivity (Wildman–Crippen MR) is 93.0 cm³/mol. The molecule has 3 heterocycles. The van der Waals surface area contributed by atoms with Crippen molar-refractivity contribution in [3.63, 3.8) is 0 Å². The summed E-state index contributed by atoms with van der Waals surface area (Å²) in [5, 5.41) is 10.5. The second-order valence-electron chi connectivity index (χ2n) is 7.76. The Morgan fingerprint density at radius 3 is 2.92 bits per heavy atom. The van der Waals surface area contributed by atoms with Gasteiger partial charge in [-0.25, -0.2) is 4.79 Å². The molecule has 0 aliphatic carbocycles. The molecule has 2 unspecified atom stereocenters. The fourth-order valence-electron chi connectivity index (χ4n) is 3.58. The summed E-state index contributed by atoms with van der Waals surface area (Å²) in [6.07, 6.45) is 3.89. The number of anilines is 1. The molecule has 2 N–H and O–H groups in total. The Bertz CT molecular complexity index is 664. The van der Waals surface area contributed by atoms with Gasteiger partial charge in [-0.1, -0.05) is 0 Å². The molecule has 0 bridgehead atoms. The molecule has 25 heavy (non-hydrogen) atoms. The predicted octanol–water partition coefficient (Wildman–Crippen LogP) is 1.62. The lowest BCUT2D eigenvalue weighted by atomic mass is 10.1. The van der Waals surface area contributed by atoms with Gasteiger partial charge in [0.05, 0.1) is 6.20 Å². The molecule has 0 aromatic carbocycles. The van der Waals surface area contributed by atoms with Crippen molar-refractivity contribution >= 4 is 17.8 Å². The summed E-state index contributed by atoms with van der Waals surface area (Å²) in [5.74, 6) is 0.840. The summed E-state index contributed by atoms with van der Waals surface area (Å²) < 4.78 is 6.92. The summed E-state index contributed by atoms with van der Waals surface area (Å²) in [4.78, 5) is 26.0. The van der Waals surface area contributed by atoms with E-state index in [0.29, 0.717) is 24.8 Å². The largest absolute Gasteiger partial charge is 0.444 e. The summed E-state index contributed by atoms with van der Waals surface area (Å²) in [5.41, 5.74) is 0.314. The molecule has 1 aromatic rings. The number of amides is 2. The van der Waals surface area contributed by atoms with Gasteiger partial charge in [0.2, 0.25) is 5.91 Å². The molecular formula is C17H27N5O3. The van der Waals surface area contributed by atoms with Crippen LogP contribution in [0.3, 0.4) is 0 Å². The van der Waals surface area contributed by atoms with E-state index in [9.17, 15) is 9.59 Å². The number of rotatable bonds is 4. The van der Waals surface area contributed by atoms with Crippen molar-refractivity contribution in [1.29, 1.82) is 0 Å². The molecule has 0 spiro atoms. The van der Waals surface area contributed by atoms with Gasteiger partial charge in [-0.2, -0.15) is 5.10 Å². The minimum Gasteiger partial charge on any atom is -0.444 e. The average Bonchev–Trinajstić information content (AvgIpc) is 3.16. The van der Waals surface area contributed by atoms with Crippen LogP contribution >= 0.6 is 0 Å². The van der Waals surface area contributed by atoms with Crippen molar-refractivity contribution in [2.24, 2.45) is 7.05 Å². The second-order valence-corrected chi connectivity index (χ2v) is 7.76. The number of carbonyl (C=O) groups excluding carboxylic acids is 2. The van der Waals surface area contributed by atoms with Gasteiger partial charge in [0.1, 0.15) is 11.4 Å². The number of fused-ring (bicyclic) bond motifs is 1. The fourth-order valence-corrected chi connectivity index (χ4v) is 3.58. The van der Waals surface area contributed by atoms with Gasteiger partial charge in [-0.3, -0.25) is 14.8 Å². The zero-order valence-electron chi connectivity index (χ0n) is 15.3. The van der Waals surface area contributed by atoms with Crippen LogP contribution in [0.5, 0.6) is 0 Å². The van der Waals surface area contributed by atoms with Crippen LogP contribution in [0.2, 0.25) is 0 Å². The molecular weight excluding hydrogens is 322 g/mol. The third-order valence-corrected chi connectivity index (χ3v) is 4.67. The van der Waals surface area contributed by atoms with Crippen LogP contribution in [0.15, 0.2) is 6.20 Å². The first-order chi connectivity index (χ1) is 11.7. The monoisotopic (exact) mass is 349 g/mol. The van der Waals surface area contributed by atoms with Crippen LogP contribution < -0.4 is 10.6 Å². The third-order valence-electron chi connectivity index (χ3n) is 4.67. The number of nitrogens with one attached hydrogen (secondary N) is 2. The average molecular weight is 349 g/mol. The van der Waals surface area contributed by atoms with Crippen molar-refractivity contribution in [3.8, 4) is 0 Å². The van der Waals surface area contributed by atoms with Crippen molar-refractivity contribution in [1.82, 2.24) is 20.0 Å². The van der Waals surface area contributed by atoms with Crippen LogP contribution in [-0.2, 0) is 23.1 Å². The quantitative estimate of drug-likeness (QED) is 0.862. The SMILES string of the molecule is Cn1ncc(CNC2CC(=O)N3CCCC23)c1NC(=O)OC(C)(C)C. The topological polar surface area (TPSA) is 88.5 Å². The zero-order chi connectivity index (χ0) is 18.2. The van der Waals surface area contributed by atoms with Gasteiger partial charge in [0, 0.05) is 44.2 Å². The summed E-state index contributed by atoms with van der Waals surface area (Å²) in [6.45, 7) is 6.88. The number of hydrogen-bond donors (Lipinski definition) is 2. The highest BCUT2D eigenvalue weighted by atomic mass is 16.6. The minimum absolute atomic E-state index is 0.157. The lowest BCUT2D eigenvalue weighted by Gasteiger charge is -2.22. The molecule has 2 amide bonds. The molecule has 3 rings (SSSR count). The minimum atomic E-state index is -0.558. The first kappa shape index (κ1) is 17.7. The molecule has 0 saturated carbocycles. The maximum absolute atomic E-state index is 12.0. The maximum Gasteiger partial charge on any atom is 0.413 e. The molecule has 8 heteroatoms. The number of aryl methyl sites for hydroxylation is 1. The Kier molecular flexibility index (Phi) is 4.73. The normalized spacial score (nSPS) is 23.0. The maximum atomic E-state index is 12.0. The van der Waals surface area contributed by atoms with Gasteiger partial charge in [-0.05, 0) is 33.6 Å². The van der Waals surface area contributed by atoms with Gasteiger partial charge in [-0.15, -0.1) is 0 Å². The number of nitrogens with zero attached hydrogens (tertiary/aromatic N) is 3. The van der Waals surface area contributed by atoms with Crippen molar-refractivity contribution < 1.29 is 14.3 Å². The Balaban J connectivity index is 1.62. The molecule has 2 saturated heterocycles. The standard InChI is InChI=1S/C17H27N5O3/c1-17(2,3)25-16(24)20-15-11(10-19-21(15)4)9-18-12-8-14(23)22-7-5-6-13(12)22/h10,12-13,18H,5-9H2,1-4H3,(H,20,24). The van der Waals surface area contributed by atoms with E-state index in [1.165, 1.54) is 0 Å². The lowest BCUT2D eigenvalue weighted by Crippen LogP contribution is -2.39. The van der Waals surface area contributed by atoms with E-state index in [-0.39, 0.29) is 11.9 Å². The molecule has 8 nitrogen and oxygen atoms in total. The van der Waals surface area contributed by atoms with Gasteiger partial charge in [0.15, 0.2) is 0 Å². The van der Waals surface area contributed by atoms with E-state index in [1.807, 2.05) is 25.7 Å². The molecule has 1 aromatic heterocycles. The molecule has 2 fully saturated rings. The number of carbonyl (C=O) groups is 2. The Morgan fingerprint density at radius 1 is 1.44 bits per heavy atom. The van der Waals surface area contributed by atoms with Crippen LogP contribution in [0.1, 0.15) is 45.6 Å². The third kappa shape index (κ3) is 3.95. The highest BCUT2D eigenvalue weighted by Gasteiger charge is 2.42. The van der Waals surface area contributed by atoms with Crippen LogP contribution in [0.25, 0.3) is 0 Å². The molecule has 2 atom stereocenters. The van der Waals surface area contributed by atoms with Crippen LogP contribution in [-0.4, -0.2) is 50.9 Å². The number of ether oxygens (including phenoxy) is 1. The highest BCUT2D eigenvalue weighted by Crippen LogP contribution is 2.29. The van der Waals surface area contributed by atoms with E-state index in [0.717, 1.165) is 24.9 Å². The van der Waals surface area contributed by atoms with Gasteiger partial charge < -0.3 is 15.0 Å². The second kappa shape index (κ2) is 6.67. The van der Waals surface area contributed by atoms with E-state index in [2.05, 4.69) is 15.7 Å². The van der Waals surface area contributed by atoms with Crippen LogP contribution in [0.4, 0.5) is 10.6 Å². The summed E-state index contributed by atoms with van der Waals surface area (Å²) in [6, 6.07) is 0.455. The first-order valence-electron chi connectivity index (χ1n) is 8.78. The smallest absolute Gasteiger partial charge is 0.413 e. The molecule has 2 aliphatic rings. The van der Waals surface area contributed by atoms with Crippen molar-refractivity contribution in [2.75, 3.05) is 11.9 Å². The van der Waals surface area contributed by atoms with Gasteiger partial charge >= 0.3 is 6.09 Å². The first-order valence-corrected chi connectivity index (χ1v) is 8.78. The Labute approximate surface area is 147 Å². The molecule has 2 aliphatic heterocycles. The van der Waals surface area contributed by atoms with Crippen LogP contribution in [0, 0.1) is 0 Å². The zero-order valence-corrected chi connectivity index (χ0v) is 15.3. The van der Waals surface area contributed by atoms with E-state index in [4.69, 9.17) is 4.74 Å². The lowest BCUT2D eigenvalue weighted by molar-refractivity contribution is -0.127. The Morgan fingerprint density at radius 2 is 2.20 bits per heavy atom. The summed E-state index contributed by atoms with van der Waals surface area (Å²) >= 11 is 0. The van der Waals surface area contributed by atoms with E-state index >= 15 is 0 Å². The van der Waals surface area contributed by atoms with Gasteiger partial charge in [0.25, 0.3) is 0 Å². The highest BCUT2D eigenvalue weighted by molar-refractivity contribution is 5.84. The van der Waals surface area contributed by atoms with E-state index < -0.39 is 11.7 Å². The molecule has 138 valence electrons. The Hall–Kier alpha value is -2.09. The van der Waals surface area contributed by atoms with Crippen molar-refractivity contribution in [2.45, 2.75) is 64.3 Å².